The van der Waals surface area contributed by atoms with Crippen molar-refractivity contribution >= 4 is 0 Å². The maximum absolute atomic E-state index is 3.78. The third-order valence-electron chi connectivity index (χ3n) is 4.60. The van der Waals surface area contributed by atoms with Crippen LogP contribution in [0.2, 0.25) is 0 Å². The number of benzene rings is 1. The van der Waals surface area contributed by atoms with Crippen LogP contribution in [0, 0.1) is 0 Å². The van der Waals surface area contributed by atoms with Gasteiger partial charge in [0.25, 0.3) is 0 Å². The third-order valence-corrected chi connectivity index (χ3v) is 4.60. The van der Waals surface area contributed by atoms with Crippen LogP contribution in [0.4, 0.5) is 0 Å². The van der Waals surface area contributed by atoms with Crippen LogP contribution in [-0.4, -0.2) is 31.1 Å². The lowest BCUT2D eigenvalue weighted by molar-refractivity contribution is 0.279. The van der Waals surface area contributed by atoms with Crippen LogP contribution in [0.5, 0.6) is 0 Å². The highest BCUT2D eigenvalue weighted by molar-refractivity contribution is 5.34. The van der Waals surface area contributed by atoms with Crippen molar-refractivity contribution in [2.75, 3.05) is 26.2 Å². The summed E-state index contributed by atoms with van der Waals surface area (Å²) < 4.78 is 0. The average molecular weight is 274 g/mol. The minimum absolute atomic E-state index is 0.558. The van der Waals surface area contributed by atoms with Gasteiger partial charge in [0.1, 0.15) is 0 Å². The lowest BCUT2D eigenvalue weighted by atomic mass is 9.81. The number of nitrogens with one attached hydrogen (secondary N) is 1. The van der Waals surface area contributed by atoms with Crippen molar-refractivity contribution in [2.45, 2.75) is 52.0 Å². The fraction of sp³-hybridized carbons (Fsp3) is 0.667. The Hall–Kier alpha value is -0.860. The molecule has 1 N–H and O–H groups in total. The van der Waals surface area contributed by atoms with Crippen molar-refractivity contribution in [3.63, 3.8) is 0 Å². The summed E-state index contributed by atoms with van der Waals surface area (Å²) in [4.78, 5) is 2.53. The summed E-state index contributed by atoms with van der Waals surface area (Å²) in [5.74, 6) is 0.719. The number of hydrogen-bond acceptors (Lipinski definition) is 2. The monoisotopic (exact) mass is 274 g/mol. The number of likely N-dealkylation sites (N-methyl/N-ethyl adjacent to an activating group) is 1. The highest BCUT2D eigenvalue weighted by Gasteiger charge is 2.23. The van der Waals surface area contributed by atoms with Gasteiger partial charge in [-0.3, -0.25) is 0 Å². The van der Waals surface area contributed by atoms with E-state index in [0.29, 0.717) is 6.04 Å². The van der Waals surface area contributed by atoms with Crippen molar-refractivity contribution < 1.29 is 0 Å². The first-order chi connectivity index (χ1) is 9.76. The van der Waals surface area contributed by atoms with Gasteiger partial charge in [0.15, 0.2) is 0 Å². The van der Waals surface area contributed by atoms with Crippen molar-refractivity contribution in [1.82, 2.24) is 10.2 Å². The van der Waals surface area contributed by atoms with Crippen LogP contribution in [-0.2, 0) is 0 Å². The molecule has 0 amide bonds. The molecule has 0 aromatic heterocycles. The van der Waals surface area contributed by atoms with Gasteiger partial charge in [0.2, 0.25) is 0 Å². The van der Waals surface area contributed by atoms with Crippen molar-refractivity contribution in [3.8, 4) is 0 Å². The average Bonchev–Trinajstić information content (AvgIpc) is 2.49. The summed E-state index contributed by atoms with van der Waals surface area (Å²) >= 11 is 0. The summed E-state index contributed by atoms with van der Waals surface area (Å²) in [6, 6.07) is 9.54. The Labute approximate surface area is 124 Å². The second kappa shape index (κ2) is 7.80. The minimum atomic E-state index is 0.558. The first-order valence-electron chi connectivity index (χ1n) is 8.30. The maximum Gasteiger partial charge on any atom is 0.0323 e. The Bertz CT molecular complexity index is 402. The molecule has 0 bridgehead atoms. The van der Waals surface area contributed by atoms with E-state index in [1.165, 1.54) is 37.9 Å². The Kier molecular flexibility index (Phi) is 6.06. The molecule has 1 aromatic carbocycles. The molecule has 1 aromatic rings. The lowest BCUT2D eigenvalue weighted by Gasteiger charge is -2.31. The molecule has 2 heteroatoms. The molecule has 0 saturated carbocycles. The molecule has 0 heterocycles. The summed E-state index contributed by atoms with van der Waals surface area (Å²) in [6.07, 6.45) is 3.83. The molecule has 1 aliphatic carbocycles. The largest absolute Gasteiger partial charge is 0.309 e. The second-order valence-corrected chi connectivity index (χ2v) is 6.05. The topological polar surface area (TPSA) is 15.3 Å². The van der Waals surface area contributed by atoms with Crippen molar-refractivity contribution in [3.05, 3.63) is 35.4 Å². The van der Waals surface area contributed by atoms with E-state index < -0.39 is 0 Å². The predicted molar refractivity (Wildman–Crippen MR) is 87.2 cm³/mol. The van der Waals surface area contributed by atoms with E-state index in [1.807, 2.05) is 0 Å². The van der Waals surface area contributed by atoms with Crippen molar-refractivity contribution in [2.24, 2.45) is 0 Å². The molecule has 2 nitrogen and oxygen atoms in total. The molecule has 0 radical (unpaired) electrons. The van der Waals surface area contributed by atoms with Gasteiger partial charge in [-0.1, -0.05) is 45.0 Å². The zero-order chi connectivity index (χ0) is 14.4. The molecular formula is C18H30N2. The van der Waals surface area contributed by atoms with E-state index in [-0.39, 0.29) is 0 Å². The molecule has 0 spiro atoms. The predicted octanol–water partition coefficient (Wildman–Crippen LogP) is 3.95. The normalized spacial score (nSPS) is 22.0. The number of rotatable bonds is 7. The molecule has 0 fully saturated rings. The molecular weight excluding hydrogens is 244 g/mol. The molecule has 20 heavy (non-hydrogen) atoms. The Morgan fingerprint density at radius 3 is 2.55 bits per heavy atom. The summed E-state index contributed by atoms with van der Waals surface area (Å²) in [6.45, 7) is 11.5. The summed E-state index contributed by atoms with van der Waals surface area (Å²) in [5, 5.41) is 3.78. The van der Waals surface area contributed by atoms with E-state index in [1.54, 1.807) is 5.56 Å². The van der Waals surface area contributed by atoms with Gasteiger partial charge >= 0.3 is 0 Å². The molecule has 1 aliphatic rings. The van der Waals surface area contributed by atoms with Gasteiger partial charge in [-0.25, -0.2) is 0 Å². The van der Waals surface area contributed by atoms with Crippen LogP contribution in [0.3, 0.4) is 0 Å². The SMILES string of the molecule is CCCN(CC)CCNC1CCC(C)c2ccccc21. The smallest absolute Gasteiger partial charge is 0.0323 e. The van der Waals surface area contributed by atoms with Crippen molar-refractivity contribution in [1.29, 1.82) is 0 Å². The zero-order valence-electron chi connectivity index (χ0n) is 13.4. The molecule has 2 unspecified atom stereocenters. The van der Waals surface area contributed by atoms with Gasteiger partial charge < -0.3 is 10.2 Å². The second-order valence-electron chi connectivity index (χ2n) is 6.05. The zero-order valence-corrected chi connectivity index (χ0v) is 13.4. The number of nitrogens with zero attached hydrogens (tertiary/aromatic N) is 1. The van der Waals surface area contributed by atoms with Gasteiger partial charge in [0.05, 0.1) is 0 Å². The van der Waals surface area contributed by atoms with Crippen LogP contribution in [0.25, 0.3) is 0 Å². The first kappa shape index (κ1) is 15.5. The van der Waals surface area contributed by atoms with E-state index in [4.69, 9.17) is 0 Å². The van der Waals surface area contributed by atoms with E-state index in [9.17, 15) is 0 Å². The third kappa shape index (κ3) is 3.83. The quantitative estimate of drug-likeness (QED) is 0.810. The van der Waals surface area contributed by atoms with Gasteiger partial charge in [-0.15, -0.1) is 0 Å². The fourth-order valence-electron chi connectivity index (χ4n) is 3.36. The molecule has 2 rings (SSSR count). The number of fused-ring (bicyclic) bond motifs is 1. The summed E-state index contributed by atoms with van der Waals surface area (Å²) in [7, 11) is 0. The van der Waals surface area contributed by atoms with Gasteiger partial charge in [-0.05, 0) is 49.4 Å². The van der Waals surface area contributed by atoms with Gasteiger partial charge in [-0.2, -0.15) is 0 Å². The highest BCUT2D eigenvalue weighted by atomic mass is 15.1. The molecule has 2 atom stereocenters. The molecule has 0 saturated heterocycles. The van der Waals surface area contributed by atoms with E-state index in [0.717, 1.165) is 19.0 Å². The van der Waals surface area contributed by atoms with Crippen LogP contribution in [0.15, 0.2) is 24.3 Å². The number of hydrogen-bond donors (Lipinski definition) is 1. The van der Waals surface area contributed by atoms with E-state index in [2.05, 4.69) is 55.3 Å². The fourth-order valence-corrected chi connectivity index (χ4v) is 3.36. The highest BCUT2D eigenvalue weighted by Crippen LogP contribution is 2.36. The summed E-state index contributed by atoms with van der Waals surface area (Å²) in [5.41, 5.74) is 3.09. The van der Waals surface area contributed by atoms with Crippen LogP contribution >= 0.6 is 0 Å². The Morgan fingerprint density at radius 1 is 1.10 bits per heavy atom. The maximum atomic E-state index is 3.78. The van der Waals surface area contributed by atoms with Crippen LogP contribution < -0.4 is 5.32 Å². The Morgan fingerprint density at radius 2 is 1.85 bits per heavy atom. The minimum Gasteiger partial charge on any atom is -0.309 e. The molecule has 0 aliphatic heterocycles. The van der Waals surface area contributed by atoms with Crippen LogP contribution in [0.1, 0.15) is 63.1 Å². The standard InChI is InChI=1S/C18H30N2/c1-4-13-20(5-2)14-12-19-18-11-10-15(3)16-8-6-7-9-17(16)18/h6-9,15,18-19H,4-5,10-14H2,1-3H3. The first-order valence-corrected chi connectivity index (χ1v) is 8.30. The lowest BCUT2D eigenvalue weighted by Crippen LogP contribution is -2.35. The Balaban J connectivity index is 1.89. The van der Waals surface area contributed by atoms with E-state index >= 15 is 0 Å². The van der Waals surface area contributed by atoms with Gasteiger partial charge in [0, 0.05) is 19.1 Å². The molecule has 112 valence electrons.